The van der Waals surface area contributed by atoms with Gasteiger partial charge in [0.15, 0.2) is 0 Å². The van der Waals surface area contributed by atoms with Gasteiger partial charge < -0.3 is 14.8 Å². The molecule has 1 saturated heterocycles. The fraction of sp³-hybridized carbons (Fsp3) is 0.464. The van der Waals surface area contributed by atoms with Crippen LogP contribution in [0.1, 0.15) is 79.8 Å². The van der Waals surface area contributed by atoms with E-state index in [1.165, 1.54) is 25.3 Å². The molecular weight excluding hydrogens is 484 g/mol. The Morgan fingerprint density at radius 3 is 2.39 bits per heavy atom. The topological polar surface area (TPSA) is 118 Å². The molecule has 0 bridgehead atoms. The van der Waals surface area contributed by atoms with Crippen molar-refractivity contribution in [2.75, 3.05) is 25.5 Å². The van der Waals surface area contributed by atoms with E-state index in [4.69, 9.17) is 9.82 Å². The van der Waals surface area contributed by atoms with Crippen LogP contribution in [0.2, 0.25) is 0 Å². The molecule has 2 aromatic heterocycles. The molecule has 2 amide bonds. The number of hydrogen-bond donors (Lipinski definition) is 2. The van der Waals surface area contributed by atoms with Crippen molar-refractivity contribution < 1.29 is 14.4 Å². The first kappa shape index (κ1) is 25.8. The zero-order valence-electron chi connectivity index (χ0n) is 21.9. The number of fused-ring (bicyclic) bond motifs is 1. The van der Waals surface area contributed by atoms with Crippen LogP contribution in [0.25, 0.3) is 11.0 Å². The van der Waals surface area contributed by atoms with E-state index < -0.39 is 11.3 Å². The molecule has 2 fully saturated rings. The van der Waals surface area contributed by atoms with Crippen LogP contribution in [0, 0.1) is 0 Å². The van der Waals surface area contributed by atoms with Gasteiger partial charge in [0.25, 0.3) is 5.91 Å². The molecule has 2 aliphatic rings. The highest BCUT2D eigenvalue weighted by Crippen LogP contribution is 2.31. The molecule has 10 nitrogen and oxygen atoms in total. The Kier molecular flexibility index (Phi) is 7.69. The van der Waals surface area contributed by atoms with Crippen LogP contribution in [0.3, 0.4) is 0 Å². The summed E-state index contributed by atoms with van der Waals surface area (Å²) in [7, 11) is 1.34. The summed E-state index contributed by atoms with van der Waals surface area (Å²) >= 11 is 0. The van der Waals surface area contributed by atoms with E-state index in [0.717, 1.165) is 57.3 Å². The summed E-state index contributed by atoms with van der Waals surface area (Å²) in [6.45, 7) is 3.21. The molecule has 2 N–H and O–H groups in total. The number of rotatable bonds is 6. The van der Waals surface area contributed by atoms with Gasteiger partial charge in [-0.25, -0.2) is 10.5 Å². The van der Waals surface area contributed by atoms with Crippen molar-refractivity contribution in [1.82, 2.24) is 24.9 Å². The van der Waals surface area contributed by atoms with Gasteiger partial charge in [0.2, 0.25) is 17.3 Å². The van der Waals surface area contributed by atoms with Gasteiger partial charge in [-0.3, -0.25) is 19.2 Å². The predicted octanol–water partition coefficient (Wildman–Crippen LogP) is 4.06. The van der Waals surface area contributed by atoms with Gasteiger partial charge in [-0.15, -0.1) is 0 Å². The number of benzene rings is 1. The molecule has 1 saturated carbocycles. The number of carbonyl (C=O) groups excluding carboxylic acids is 2. The third-order valence-corrected chi connectivity index (χ3v) is 7.76. The number of hydroxylamine groups is 1. The minimum absolute atomic E-state index is 0.0129. The van der Waals surface area contributed by atoms with Crippen molar-refractivity contribution in [2.45, 2.75) is 63.8 Å². The van der Waals surface area contributed by atoms with Gasteiger partial charge in [0.1, 0.15) is 11.2 Å². The zero-order chi connectivity index (χ0) is 26.6. The summed E-state index contributed by atoms with van der Waals surface area (Å²) in [5.41, 5.74) is 4.46. The normalized spacial score (nSPS) is 16.9. The lowest BCUT2D eigenvalue weighted by molar-refractivity contribution is -0.129. The molecule has 1 aromatic carbocycles. The monoisotopic (exact) mass is 518 g/mol. The Labute approximate surface area is 221 Å². The SMILES string of the molecule is CONC(=O)c1cn(C2CCCCC2)c2nc(Nc3ccc(C4CCN(C(C)=O)CC4)cc3)ncc2c1=O. The van der Waals surface area contributed by atoms with Gasteiger partial charge in [0, 0.05) is 44.1 Å². The number of nitrogens with zero attached hydrogens (tertiary/aromatic N) is 4. The lowest BCUT2D eigenvalue weighted by Gasteiger charge is -2.31. The fourth-order valence-corrected chi connectivity index (χ4v) is 5.64. The third-order valence-electron chi connectivity index (χ3n) is 7.76. The van der Waals surface area contributed by atoms with Crippen LogP contribution in [-0.2, 0) is 9.63 Å². The number of pyridine rings is 1. The first-order valence-corrected chi connectivity index (χ1v) is 13.3. The minimum atomic E-state index is -0.585. The second-order valence-corrected chi connectivity index (χ2v) is 10.2. The summed E-state index contributed by atoms with van der Waals surface area (Å²) in [6.07, 6.45) is 10.3. The van der Waals surface area contributed by atoms with Crippen molar-refractivity contribution in [3.05, 3.63) is 58.0 Å². The number of piperidine rings is 1. The smallest absolute Gasteiger partial charge is 0.280 e. The Morgan fingerprint density at radius 2 is 1.74 bits per heavy atom. The van der Waals surface area contributed by atoms with Crippen LogP contribution >= 0.6 is 0 Å². The highest BCUT2D eigenvalue weighted by atomic mass is 16.6. The molecule has 38 heavy (non-hydrogen) atoms. The Bertz CT molecular complexity index is 1370. The van der Waals surface area contributed by atoms with E-state index in [1.54, 1.807) is 13.1 Å². The Morgan fingerprint density at radius 1 is 1.03 bits per heavy atom. The van der Waals surface area contributed by atoms with E-state index in [-0.39, 0.29) is 17.5 Å². The van der Waals surface area contributed by atoms with E-state index >= 15 is 0 Å². The van der Waals surface area contributed by atoms with E-state index in [9.17, 15) is 14.4 Å². The zero-order valence-corrected chi connectivity index (χ0v) is 21.9. The molecule has 0 unspecified atom stereocenters. The number of likely N-dealkylation sites (tertiary alicyclic amines) is 1. The lowest BCUT2D eigenvalue weighted by Crippen LogP contribution is -2.36. The van der Waals surface area contributed by atoms with Gasteiger partial charge in [-0.2, -0.15) is 4.98 Å². The molecule has 3 aromatic rings. The van der Waals surface area contributed by atoms with E-state index in [2.05, 4.69) is 27.9 Å². The molecular formula is C28H34N6O4. The van der Waals surface area contributed by atoms with Crippen molar-refractivity contribution in [2.24, 2.45) is 0 Å². The maximum absolute atomic E-state index is 13.1. The molecule has 200 valence electrons. The largest absolute Gasteiger partial charge is 0.343 e. The number of anilines is 2. The number of aromatic nitrogens is 3. The van der Waals surface area contributed by atoms with Gasteiger partial charge >= 0.3 is 0 Å². The number of hydrogen-bond acceptors (Lipinski definition) is 7. The summed E-state index contributed by atoms with van der Waals surface area (Å²) < 4.78 is 1.96. The minimum Gasteiger partial charge on any atom is -0.343 e. The molecule has 1 aliphatic heterocycles. The predicted molar refractivity (Wildman–Crippen MR) is 144 cm³/mol. The number of carbonyl (C=O) groups is 2. The molecule has 1 aliphatic carbocycles. The van der Waals surface area contributed by atoms with Gasteiger partial charge in [0.05, 0.1) is 12.5 Å². The van der Waals surface area contributed by atoms with Crippen molar-refractivity contribution in [1.29, 1.82) is 0 Å². The Balaban J connectivity index is 1.40. The standard InChI is InChI=1S/C28H34N6O4/c1-18(35)33-14-12-20(13-15-33)19-8-10-21(11-9-19)30-28-29-16-23-25(36)24(27(37)32-38-2)17-34(26(23)31-28)22-6-4-3-5-7-22/h8-11,16-17,20,22H,3-7,12-15H2,1-2H3,(H,32,37)(H,29,30,31). The van der Waals surface area contributed by atoms with Crippen molar-refractivity contribution in [3.63, 3.8) is 0 Å². The maximum atomic E-state index is 13.1. The van der Waals surface area contributed by atoms with E-state index in [1.807, 2.05) is 21.6 Å². The third kappa shape index (κ3) is 5.40. The van der Waals surface area contributed by atoms with Crippen LogP contribution < -0.4 is 16.2 Å². The summed E-state index contributed by atoms with van der Waals surface area (Å²) in [5.74, 6) is 0.379. The van der Waals surface area contributed by atoms with Crippen LogP contribution in [0.5, 0.6) is 0 Å². The quantitative estimate of drug-likeness (QED) is 0.473. The first-order valence-electron chi connectivity index (χ1n) is 13.3. The second-order valence-electron chi connectivity index (χ2n) is 10.2. The summed E-state index contributed by atoms with van der Waals surface area (Å²) in [6, 6.07) is 8.38. The average Bonchev–Trinajstić information content (AvgIpc) is 2.94. The van der Waals surface area contributed by atoms with Crippen LogP contribution in [-0.4, -0.2) is 51.4 Å². The molecule has 0 spiro atoms. The number of nitrogens with one attached hydrogen (secondary N) is 2. The van der Waals surface area contributed by atoms with Crippen LogP contribution in [0.4, 0.5) is 11.6 Å². The molecule has 10 heteroatoms. The van der Waals surface area contributed by atoms with Crippen molar-refractivity contribution >= 4 is 34.5 Å². The van der Waals surface area contributed by atoms with Crippen LogP contribution in [0.15, 0.2) is 41.5 Å². The van der Waals surface area contributed by atoms with Gasteiger partial charge in [-0.05, 0) is 49.3 Å². The Hall–Kier alpha value is -3.79. The summed E-state index contributed by atoms with van der Waals surface area (Å²) in [5, 5.41) is 3.57. The maximum Gasteiger partial charge on any atom is 0.280 e. The van der Waals surface area contributed by atoms with E-state index in [0.29, 0.717) is 22.9 Å². The van der Waals surface area contributed by atoms with Gasteiger partial charge in [-0.1, -0.05) is 31.4 Å². The first-order chi connectivity index (χ1) is 18.4. The fourth-order valence-electron chi connectivity index (χ4n) is 5.64. The summed E-state index contributed by atoms with van der Waals surface area (Å²) in [4.78, 5) is 53.1. The van der Waals surface area contributed by atoms with Crippen molar-refractivity contribution in [3.8, 4) is 0 Å². The molecule has 0 radical (unpaired) electrons. The highest BCUT2D eigenvalue weighted by Gasteiger charge is 2.24. The highest BCUT2D eigenvalue weighted by molar-refractivity contribution is 5.96. The lowest BCUT2D eigenvalue weighted by atomic mass is 9.89. The molecule has 5 rings (SSSR count). The number of amides is 2. The molecule has 0 atom stereocenters. The molecule has 3 heterocycles. The second kappa shape index (κ2) is 11.3. The average molecular weight is 519 g/mol.